The van der Waals surface area contributed by atoms with Crippen LogP contribution >= 0.6 is 11.3 Å². The summed E-state index contributed by atoms with van der Waals surface area (Å²) >= 11 is 1.24. The number of benzene rings is 1. The van der Waals surface area contributed by atoms with Gasteiger partial charge in [0.05, 0.1) is 0 Å². The van der Waals surface area contributed by atoms with Crippen molar-refractivity contribution in [3.05, 3.63) is 22.7 Å². The molecule has 0 unspecified atom stereocenters. The average Bonchev–Trinajstić information content (AvgIpc) is 2.83. The maximum Gasteiger partial charge on any atom is 0.257 e. The summed E-state index contributed by atoms with van der Waals surface area (Å²) in [7, 11) is 0. The molecular weight excluding hydrogens is 270 g/mol. The molecule has 0 atom stereocenters. The molecule has 1 aromatic carbocycles. The number of phenols is 3. The van der Waals surface area contributed by atoms with Crippen molar-refractivity contribution in [2.75, 3.05) is 5.32 Å². The molecule has 1 heterocycles. The van der Waals surface area contributed by atoms with Gasteiger partial charge in [-0.25, -0.2) is 0 Å². The number of aromatic hydroxyl groups is 3. The molecule has 0 bridgehead atoms. The molecule has 0 saturated heterocycles. The van der Waals surface area contributed by atoms with Crippen molar-refractivity contribution < 1.29 is 20.1 Å². The molecule has 1 amide bonds. The van der Waals surface area contributed by atoms with Gasteiger partial charge in [-0.2, -0.15) is 0 Å². The van der Waals surface area contributed by atoms with Crippen molar-refractivity contribution >= 4 is 22.4 Å². The Labute approximate surface area is 112 Å². The van der Waals surface area contributed by atoms with E-state index in [4.69, 9.17) is 0 Å². The van der Waals surface area contributed by atoms with Gasteiger partial charge in [-0.3, -0.25) is 10.1 Å². The van der Waals surface area contributed by atoms with E-state index in [1.165, 1.54) is 11.3 Å². The molecule has 0 aliphatic heterocycles. The highest BCUT2D eigenvalue weighted by Gasteiger charge is 2.15. The summed E-state index contributed by atoms with van der Waals surface area (Å²) in [4.78, 5) is 11.9. The summed E-state index contributed by atoms with van der Waals surface area (Å²) in [6.45, 7) is 1.92. The van der Waals surface area contributed by atoms with Gasteiger partial charge in [-0.05, 0) is 18.6 Å². The van der Waals surface area contributed by atoms with Crippen molar-refractivity contribution in [1.29, 1.82) is 0 Å². The van der Waals surface area contributed by atoms with Crippen molar-refractivity contribution in [3.63, 3.8) is 0 Å². The van der Waals surface area contributed by atoms with Crippen LogP contribution in [0.1, 0.15) is 22.3 Å². The highest BCUT2D eigenvalue weighted by atomic mass is 32.1. The fourth-order valence-corrected chi connectivity index (χ4v) is 2.03. The number of anilines is 1. The van der Waals surface area contributed by atoms with Crippen LogP contribution in [0.25, 0.3) is 0 Å². The molecule has 100 valence electrons. The van der Waals surface area contributed by atoms with E-state index in [1.54, 1.807) is 0 Å². The van der Waals surface area contributed by atoms with Crippen LogP contribution in [0.5, 0.6) is 17.2 Å². The molecule has 2 aromatic rings. The Hall–Kier alpha value is -2.35. The number of nitrogens with one attached hydrogen (secondary N) is 1. The fourth-order valence-electron chi connectivity index (χ4n) is 1.35. The zero-order valence-electron chi connectivity index (χ0n) is 9.91. The molecule has 1 aromatic heterocycles. The molecule has 0 spiro atoms. The Kier molecular flexibility index (Phi) is 3.52. The van der Waals surface area contributed by atoms with E-state index in [9.17, 15) is 20.1 Å². The number of phenolic OH excluding ortho intramolecular Hbond substituents is 3. The predicted molar refractivity (Wildman–Crippen MR) is 68.7 cm³/mol. The summed E-state index contributed by atoms with van der Waals surface area (Å²) in [5.74, 6) is -2.38. The Morgan fingerprint density at radius 1 is 1.26 bits per heavy atom. The van der Waals surface area contributed by atoms with Gasteiger partial charge in [0.1, 0.15) is 5.01 Å². The molecule has 0 aliphatic rings. The van der Waals surface area contributed by atoms with Crippen LogP contribution in [0.3, 0.4) is 0 Å². The van der Waals surface area contributed by atoms with Crippen LogP contribution < -0.4 is 5.32 Å². The lowest BCUT2D eigenvalue weighted by molar-refractivity contribution is 0.102. The Morgan fingerprint density at radius 3 is 2.42 bits per heavy atom. The molecule has 4 N–H and O–H groups in total. The topological polar surface area (TPSA) is 116 Å². The van der Waals surface area contributed by atoms with Crippen molar-refractivity contribution in [2.45, 2.75) is 13.3 Å². The lowest BCUT2D eigenvalue weighted by atomic mass is 10.1. The van der Waals surface area contributed by atoms with Crippen LogP contribution in [0, 0.1) is 0 Å². The third-order valence-corrected chi connectivity index (χ3v) is 3.30. The molecule has 0 saturated carbocycles. The maximum atomic E-state index is 11.9. The highest BCUT2D eigenvalue weighted by molar-refractivity contribution is 7.15. The van der Waals surface area contributed by atoms with Gasteiger partial charge in [0, 0.05) is 5.56 Å². The number of nitrogens with zero attached hydrogens (tertiary/aromatic N) is 2. The smallest absolute Gasteiger partial charge is 0.257 e. The highest BCUT2D eigenvalue weighted by Crippen LogP contribution is 2.35. The lowest BCUT2D eigenvalue weighted by Crippen LogP contribution is -2.11. The summed E-state index contributed by atoms with van der Waals surface area (Å²) in [5.41, 5.74) is 0.000971. The van der Waals surface area contributed by atoms with Crippen LogP contribution in [0.15, 0.2) is 12.1 Å². The molecule has 0 fully saturated rings. The first-order valence-electron chi connectivity index (χ1n) is 5.40. The van der Waals surface area contributed by atoms with Gasteiger partial charge in [-0.15, -0.1) is 10.2 Å². The quantitative estimate of drug-likeness (QED) is 0.633. The number of rotatable bonds is 3. The minimum Gasteiger partial charge on any atom is -0.504 e. The van der Waals surface area contributed by atoms with Crippen LogP contribution in [-0.4, -0.2) is 31.4 Å². The van der Waals surface area contributed by atoms with Crippen molar-refractivity contribution in [2.24, 2.45) is 0 Å². The standard InChI is InChI=1S/C11H11N3O4S/c1-2-8-13-14-11(19-8)12-10(18)5-3-6(15)9(17)7(16)4-5/h3-4,15-17H,2H2,1H3,(H,12,14,18). The number of carbonyl (C=O) groups is 1. The number of aromatic nitrogens is 2. The molecule has 7 nitrogen and oxygen atoms in total. The zero-order valence-corrected chi connectivity index (χ0v) is 10.7. The van der Waals surface area contributed by atoms with Crippen molar-refractivity contribution in [3.8, 4) is 17.2 Å². The molecular formula is C11H11N3O4S. The average molecular weight is 281 g/mol. The van der Waals surface area contributed by atoms with Crippen LogP contribution in [0.2, 0.25) is 0 Å². The molecule has 0 aliphatic carbocycles. The Bertz CT molecular complexity index is 603. The SMILES string of the molecule is CCc1nnc(NC(=O)c2cc(O)c(O)c(O)c2)s1. The van der Waals surface area contributed by atoms with E-state index in [1.807, 2.05) is 6.92 Å². The summed E-state index contributed by atoms with van der Waals surface area (Å²) < 4.78 is 0. The number of carbonyl (C=O) groups excluding carboxylic acids is 1. The Morgan fingerprint density at radius 2 is 1.89 bits per heavy atom. The van der Waals surface area contributed by atoms with E-state index in [-0.39, 0.29) is 5.56 Å². The fraction of sp³-hybridized carbons (Fsp3) is 0.182. The molecule has 0 radical (unpaired) electrons. The van der Waals surface area contributed by atoms with Crippen LogP contribution in [-0.2, 0) is 6.42 Å². The van der Waals surface area contributed by atoms with E-state index < -0.39 is 23.2 Å². The zero-order chi connectivity index (χ0) is 14.0. The number of hydrogen-bond donors (Lipinski definition) is 4. The lowest BCUT2D eigenvalue weighted by Gasteiger charge is -2.05. The molecule has 8 heteroatoms. The summed E-state index contributed by atoms with van der Waals surface area (Å²) in [6.07, 6.45) is 0.717. The van der Waals surface area contributed by atoms with Crippen molar-refractivity contribution in [1.82, 2.24) is 10.2 Å². The maximum absolute atomic E-state index is 11.9. The summed E-state index contributed by atoms with van der Waals surface area (Å²) in [6, 6.07) is 2.10. The minimum atomic E-state index is -0.666. The molecule has 2 rings (SSSR count). The van der Waals surface area contributed by atoms with Gasteiger partial charge in [-0.1, -0.05) is 18.3 Å². The van der Waals surface area contributed by atoms with Gasteiger partial charge in [0.15, 0.2) is 17.2 Å². The second kappa shape index (κ2) is 5.11. The monoisotopic (exact) mass is 281 g/mol. The minimum absolute atomic E-state index is 0.000971. The van der Waals surface area contributed by atoms with Gasteiger partial charge >= 0.3 is 0 Å². The van der Waals surface area contributed by atoms with E-state index in [0.29, 0.717) is 11.6 Å². The first-order valence-corrected chi connectivity index (χ1v) is 6.21. The number of hydrogen-bond acceptors (Lipinski definition) is 7. The third-order valence-electron chi connectivity index (χ3n) is 2.32. The Balaban J connectivity index is 2.20. The number of aryl methyl sites for hydroxylation is 1. The van der Waals surface area contributed by atoms with E-state index >= 15 is 0 Å². The van der Waals surface area contributed by atoms with Gasteiger partial charge < -0.3 is 15.3 Å². The normalized spacial score (nSPS) is 10.4. The summed E-state index contributed by atoms with van der Waals surface area (Å²) in [5, 5.41) is 39.1. The second-order valence-corrected chi connectivity index (χ2v) is 4.73. The third kappa shape index (κ3) is 2.74. The first-order chi connectivity index (χ1) is 9.01. The van der Waals surface area contributed by atoms with Crippen LogP contribution in [0.4, 0.5) is 5.13 Å². The van der Waals surface area contributed by atoms with Gasteiger partial charge in [0.2, 0.25) is 5.13 Å². The van der Waals surface area contributed by atoms with E-state index in [2.05, 4.69) is 15.5 Å². The first kappa shape index (κ1) is 13.1. The van der Waals surface area contributed by atoms with Gasteiger partial charge in [0.25, 0.3) is 5.91 Å². The molecule has 19 heavy (non-hydrogen) atoms. The largest absolute Gasteiger partial charge is 0.504 e. The number of amides is 1. The second-order valence-electron chi connectivity index (χ2n) is 3.67. The van der Waals surface area contributed by atoms with E-state index in [0.717, 1.165) is 17.1 Å². The predicted octanol–water partition coefficient (Wildman–Crippen LogP) is 1.47.